The minimum Gasteiger partial charge on any atom is -0.387 e. The Morgan fingerprint density at radius 1 is 1.50 bits per heavy atom. The fraction of sp³-hybridized carbons (Fsp3) is 0.462. The molecule has 1 aromatic rings. The van der Waals surface area contributed by atoms with Crippen molar-refractivity contribution in [2.24, 2.45) is 0 Å². The van der Waals surface area contributed by atoms with E-state index in [0.717, 1.165) is 0 Å². The maximum Gasteiger partial charge on any atom is 0.101 e. The molecule has 0 saturated carbocycles. The van der Waals surface area contributed by atoms with Crippen LogP contribution in [0.5, 0.6) is 0 Å². The van der Waals surface area contributed by atoms with Crippen molar-refractivity contribution in [3.63, 3.8) is 0 Å². The zero-order valence-electron chi connectivity index (χ0n) is 10.9. The molecule has 0 bridgehead atoms. The Labute approximate surface area is 113 Å². The Morgan fingerprint density at radius 3 is 2.72 bits per heavy atom. The molecule has 18 heavy (non-hydrogen) atoms. The summed E-state index contributed by atoms with van der Waals surface area (Å²) in [6.45, 7) is 2.62. The van der Waals surface area contributed by atoms with E-state index in [0.29, 0.717) is 29.4 Å². The predicted molar refractivity (Wildman–Crippen MR) is 73.8 cm³/mol. The average molecular weight is 268 g/mol. The van der Waals surface area contributed by atoms with Crippen LogP contribution in [-0.4, -0.2) is 42.8 Å². The molecule has 5 heteroatoms. The van der Waals surface area contributed by atoms with Crippen molar-refractivity contribution < 1.29 is 5.11 Å². The van der Waals surface area contributed by atoms with Crippen molar-refractivity contribution in [2.45, 2.75) is 12.5 Å². The van der Waals surface area contributed by atoms with Gasteiger partial charge in [-0.25, -0.2) is 0 Å². The molecule has 1 rings (SSSR count). The first-order valence-corrected chi connectivity index (χ1v) is 6.02. The smallest absolute Gasteiger partial charge is 0.101 e. The third-order valence-electron chi connectivity index (χ3n) is 2.42. The van der Waals surface area contributed by atoms with Crippen LogP contribution in [0.25, 0.3) is 0 Å². The molecule has 0 heterocycles. The van der Waals surface area contributed by atoms with Gasteiger partial charge in [0.15, 0.2) is 0 Å². The molecule has 0 amide bonds. The monoisotopic (exact) mass is 267 g/mol. The number of hydrogen-bond donors (Lipinski definition) is 2. The Morgan fingerprint density at radius 2 is 2.17 bits per heavy atom. The molecule has 0 aliphatic heterocycles. The fourth-order valence-corrected chi connectivity index (χ4v) is 1.96. The van der Waals surface area contributed by atoms with Gasteiger partial charge in [-0.15, -0.1) is 0 Å². The van der Waals surface area contributed by atoms with E-state index in [2.05, 4.69) is 11.4 Å². The lowest BCUT2D eigenvalue weighted by atomic mass is 10.1. The van der Waals surface area contributed by atoms with Gasteiger partial charge in [-0.1, -0.05) is 11.6 Å². The molecule has 1 aromatic carbocycles. The zero-order valence-corrected chi connectivity index (χ0v) is 11.6. The van der Waals surface area contributed by atoms with Gasteiger partial charge in [0.25, 0.3) is 0 Å². The van der Waals surface area contributed by atoms with Crippen LogP contribution in [0.15, 0.2) is 18.2 Å². The topological polar surface area (TPSA) is 59.3 Å². The van der Waals surface area contributed by atoms with Gasteiger partial charge in [0.2, 0.25) is 0 Å². The summed E-state index contributed by atoms with van der Waals surface area (Å²) in [4.78, 5) is 1.91. The Kier molecular flexibility index (Phi) is 4.97. The van der Waals surface area contributed by atoms with Crippen LogP contribution in [0.2, 0.25) is 5.02 Å². The molecule has 1 unspecified atom stereocenters. The van der Waals surface area contributed by atoms with Gasteiger partial charge >= 0.3 is 0 Å². The first-order valence-electron chi connectivity index (χ1n) is 5.65. The quantitative estimate of drug-likeness (QED) is 0.856. The van der Waals surface area contributed by atoms with Crippen LogP contribution in [0, 0.1) is 11.3 Å². The molecule has 0 aliphatic carbocycles. The Balaban J connectivity index is 2.74. The molecule has 1 atom stereocenters. The number of nitrogens with one attached hydrogen (secondary N) is 1. The van der Waals surface area contributed by atoms with Crippen molar-refractivity contribution in [3.8, 4) is 6.07 Å². The molecule has 98 valence electrons. The number of aliphatic hydroxyl groups is 1. The highest BCUT2D eigenvalue weighted by atomic mass is 35.5. The summed E-state index contributed by atoms with van der Waals surface area (Å²) in [7, 11) is 3.79. The number of anilines is 1. The standard InChI is InChI=1S/C13H18ClN3O/c1-13(18,9-17(2)3)8-16-12-6-11(14)5-4-10(12)7-15/h4-6,16,18H,8-9H2,1-3H3. The summed E-state index contributed by atoms with van der Waals surface area (Å²) in [6.07, 6.45) is 0. The molecular weight excluding hydrogens is 250 g/mol. The van der Waals surface area contributed by atoms with Crippen molar-refractivity contribution in [1.29, 1.82) is 5.26 Å². The predicted octanol–water partition coefficient (Wildman–Crippen LogP) is 1.94. The van der Waals surface area contributed by atoms with Crippen molar-refractivity contribution in [2.75, 3.05) is 32.5 Å². The van der Waals surface area contributed by atoms with Crippen LogP contribution in [0.3, 0.4) is 0 Å². The van der Waals surface area contributed by atoms with E-state index in [4.69, 9.17) is 16.9 Å². The van der Waals surface area contributed by atoms with Gasteiger partial charge in [0, 0.05) is 18.1 Å². The van der Waals surface area contributed by atoms with Gasteiger partial charge < -0.3 is 15.3 Å². The average Bonchev–Trinajstić information content (AvgIpc) is 2.25. The maximum atomic E-state index is 10.2. The lowest BCUT2D eigenvalue weighted by molar-refractivity contribution is 0.0460. The van der Waals surface area contributed by atoms with Crippen LogP contribution in [0.4, 0.5) is 5.69 Å². The van der Waals surface area contributed by atoms with Gasteiger partial charge in [0.1, 0.15) is 6.07 Å². The van der Waals surface area contributed by atoms with Gasteiger partial charge in [-0.2, -0.15) is 5.26 Å². The number of rotatable bonds is 5. The summed E-state index contributed by atoms with van der Waals surface area (Å²) >= 11 is 5.89. The normalized spacial score (nSPS) is 14.1. The molecule has 0 aliphatic rings. The Bertz CT molecular complexity index is 452. The summed E-state index contributed by atoms with van der Waals surface area (Å²) < 4.78 is 0. The SMILES string of the molecule is CN(C)CC(C)(O)CNc1cc(Cl)ccc1C#N. The number of halogens is 1. The third kappa shape index (κ3) is 4.53. The van der Waals surface area contributed by atoms with Gasteiger partial charge in [-0.05, 0) is 39.2 Å². The molecule has 0 fully saturated rings. The van der Waals surface area contributed by atoms with Crippen LogP contribution < -0.4 is 5.32 Å². The largest absolute Gasteiger partial charge is 0.387 e. The minimum atomic E-state index is -0.876. The summed E-state index contributed by atoms with van der Waals surface area (Å²) in [5.41, 5.74) is 0.280. The van der Waals surface area contributed by atoms with Crippen LogP contribution >= 0.6 is 11.6 Å². The first-order chi connectivity index (χ1) is 8.34. The van der Waals surface area contributed by atoms with Crippen molar-refractivity contribution >= 4 is 17.3 Å². The second-order valence-electron chi connectivity index (χ2n) is 4.89. The van der Waals surface area contributed by atoms with Crippen LogP contribution in [0.1, 0.15) is 12.5 Å². The molecule has 2 N–H and O–H groups in total. The third-order valence-corrected chi connectivity index (χ3v) is 2.65. The van der Waals surface area contributed by atoms with E-state index in [1.54, 1.807) is 25.1 Å². The molecule has 4 nitrogen and oxygen atoms in total. The molecule has 0 radical (unpaired) electrons. The number of hydrogen-bond acceptors (Lipinski definition) is 4. The minimum absolute atomic E-state index is 0.347. The number of benzene rings is 1. The lowest BCUT2D eigenvalue weighted by Crippen LogP contribution is -2.43. The van der Waals surface area contributed by atoms with E-state index < -0.39 is 5.60 Å². The van der Waals surface area contributed by atoms with E-state index in [-0.39, 0.29) is 0 Å². The highest BCUT2D eigenvalue weighted by Gasteiger charge is 2.21. The second-order valence-corrected chi connectivity index (χ2v) is 5.33. The van der Waals surface area contributed by atoms with Gasteiger partial charge in [-0.3, -0.25) is 0 Å². The number of nitrogens with zero attached hydrogens (tertiary/aromatic N) is 2. The van der Waals surface area contributed by atoms with E-state index in [9.17, 15) is 5.11 Å². The molecular formula is C13H18ClN3O. The number of likely N-dealkylation sites (N-methyl/N-ethyl adjacent to an activating group) is 1. The van der Waals surface area contributed by atoms with Crippen LogP contribution in [-0.2, 0) is 0 Å². The summed E-state index contributed by atoms with van der Waals surface area (Å²) in [5.74, 6) is 0. The molecule has 0 spiro atoms. The highest BCUT2D eigenvalue weighted by Crippen LogP contribution is 2.21. The zero-order chi connectivity index (χ0) is 13.8. The number of nitriles is 1. The second kappa shape index (κ2) is 6.05. The lowest BCUT2D eigenvalue weighted by Gasteiger charge is -2.27. The highest BCUT2D eigenvalue weighted by molar-refractivity contribution is 6.30. The van der Waals surface area contributed by atoms with Crippen molar-refractivity contribution in [3.05, 3.63) is 28.8 Å². The van der Waals surface area contributed by atoms with Gasteiger partial charge in [0.05, 0.1) is 16.9 Å². The summed E-state index contributed by atoms with van der Waals surface area (Å²) in [5, 5.41) is 22.8. The fourth-order valence-electron chi connectivity index (χ4n) is 1.78. The van der Waals surface area contributed by atoms with E-state index in [1.807, 2.05) is 19.0 Å². The van der Waals surface area contributed by atoms with Crippen molar-refractivity contribution in [1.82, 2.24) is 4.90 Å². The summed E-state index contributed by atoms with van der Waals surface area (Å²) in [6, 6.07) is 7.10. The van der Waals surface area contributed by atoms with E-state index >= 15 is 0 Å². The van der Waals surface area contributed by atoms with E-state index in [1.165, 1.54) is 0 Å². The first kappa shape index (κ1) is 14.8. The maximum absolute atomic E-state index is 10.2. The Hall–Kier alpha value is -1.28. The molecule has 0 aromatic heterocycles. The molecule has 0 saturated heterocycles.